The van der Waals surface area contributed by atoms with Crippen LogP contribution < -0.4 is 15.5 Å². The van der Waals surface area contributed by atoms with Crippen LogP contribution in [0.25, 0.3) is 0 Å². The van der Waals surface area contributed by atoms with Crippen LogP contribution in [0.2, 0.25) is 0 Å². The molecule has 0 amide bonds. The molecule has 1 saturated heterocycles. The van der Waals surface area contributed by atoms with Gasteiger partial charge in [0, 0.05) is 49.4 Å². The minimum absolute atomic E-state index is 0.619. The number of guanidine groups is 1. The minimum Gasteiger partial charge on any atom is -0.357 e. The molecule has 0 radical (unpaired) electrons. The zero-order valence-electron chi connectivity index (χ0n) is 16.5. The lowest BCUT2D eigenvalue weighted by Crippen LogP contribution is -2.45. The van der Waals surface area contributed by atoms with Gasteiger partial charge in [0.25, 0.3) is 0 Å². The topological polar surface area (TPSA) is 55.8 Å². The molecule has 1 fully saturated rings. The second kappa shape index (κ2) is 9.71. The van der Waals surface area contributed by atoms with Crippen molar-refractivity contribution in [1.82, 2.24) is 20.5 Å². The molecule has 0 atom stereocenters. The van der Waals surface area contributed by atoms with Crippen LogP contribution in [0.4, 0.5) is 5.82 Å². The number of hydrogen-bond donors (Lipinski definition) is 2. The van der Waals surface area contributed by atoms with Gasteiger partial charge < -0.3 is 20.4 Å². The summed E-state index contributed by atoms with van der Waals surface area (Å²) in [6, 6.07) is 6.29. The second-order valence-electron chi connectivity index (χ2n) is 6.85. The predicted octanol–water partition coefficient (Wildman–Crippen LogP) is 2.46. The number of piperazine rings is 1. The molecule has 6 nitrogen and oxygen atoms in total. The number of pyridine rings is 1. The van der Waals surface area contributed by atoms with E-state index in [0.29, 0.717) is 6.54 Å². The molecular formula is C20H30N6S. The van der Waals surface area contributed by atoms with Crippen molar-refractivity contribution in [2.45, 2.75) is 26.9 Å². The summed E-state index contributed by atoms with van der Waals surface area (Å²) in [6.45, 7) is 10.7. The summed E-state index contributed by atoms with van der Waals surface area (Å²) in [5, 5.41) is 8.92. The first-order valence-electron chi connectivity index (χ1n) is 9.60. The van der Waals surface area contributed by atoms with Crippen LogP contribution in [-0.4, -0.2) is 55.6 Å². The molecule has 1 aliphatic heterocycles. The van der Waals surface area contributed by atoms with Gasteiger partial charge in [-0.15, -0.1) is 11.3 Å². The van der Waals surface area contributed by atoms with Gasteiger partial charge in [-0.1, -0.05) is 6.07 Å². The zero-order chi connectivity index (χ0) is 19.1. The molecule has 146 valence electrons. The van der Waals surface area contributed by atoms with E-state index in [-0.39, 0.29) is 0 Å². The molecule has 2 N–H and O–H groups in total. The lowest BCUT2D eigenvalue weighted by atomic mass is 10.2. The molecule has 27 heavy (non-hydrogen) atoms. The van der Waals surface area contributed by atoms with Crippen LogP contribution in [0.5, 0.6) is 0 Å². The van der Waals surface area contributed by atoms with E-state index >= 15 is 0 Å². The lowest BCUT2D eigenvalue weighted by Gasteiger charge is -2.34. The number of likely N-dealkylation sites (N-methyl/N-ethyl adjacent to an activating group) is 1. The van der Waals surface area contributed by atoms with E-state index < -0.39 is 0 Å². The van der Waals surface area contributed by atoms with E-state index in [9.17, 15) is 0 Å². The number of aromatic nitrogens is 1. The summed E-state index contributed by atoms with van der Waals surface area (Å²) < 4.78 is 0. The van der Waals surface area contributed by atoms with Gasteiger partial charge in [-0.3, -0.25) is 0 Å². The lowest BCUT2D eigenvalue weighted by molar-refractivity contribution is 0.312. The van der Waals surface area contributed by atoms with Gasteiger partial charge in [-0.05, 0) is 44.0 Å². The van der Waals surface area contributed by atoms with Crippen LogP contribution in [0.15, 0.2) is 34.8 Å². The first kappa shape index (κ1) is 19.6. The molecule has 1 aliphatic rings. The number of rotatable bonds is 6. The molecule has 3 rings (SSSR count). The normalized spacial score (nSPS) is 15.8. The average molecular weight is 387 g/mol. The van der Waals surface area contributed by atoms with Crippen molar-refractivity contribution in [3.63, 3.8) is 0 Å². The van der Waals surface area contributed by atoms with Crippen molar-refractivity contribution >= 4 is 23.1 Å². The van der Waals surface area contributed by atoms with Gasteiger partial charge in [-0.25, -0.2) is 9.98 Å². The Morgan fingerprint density at radius 1 is 1.22 bits per heavy atom. The minimum atomic E-state index is 0.619. The van der Waals surface area contributed by atoms with Crippen molar-refractivity contribution in [1.29, 1.82) is 0 Å². The third-order valence-corrected chi connectivity index (χ3v) is 5.83. The number of anilines is 1. The molecule has 0 saturated carbocycles. The Balaban J connectivity index is 1.67. The van der Waals surface area contributed by atoms with E-state index in [1.54, 1.807) is 11.3 Å². The molecule has 0 spiro atoms. The van der Waals surface area contributed by atoms with Gasteiger partial charge in [0.2, 0.25) is 0 Å². The van der Waals surface area contributed by atoms with E-state index in [1.165, 1.54) is 16.0 Å². The third-order valence-electron chi connectivity index (χ3n) is 4.81. The van der Waals surface area contributed by atoms with Crippen LogP contribution in [-0.2, 0) is 13.1 Å². The van der Waals surface area contributed by atoms with E-state index in [1.807, 2.05) is 12.3 Å². The Bertz CT molecular complexity index is 748. The first-order chi connectivity index (χ1) is 13.2. The summed E-state index contributed by atoms with van der Waals surface area (Å²) in [5.41, 5.74) is 2.50. The maximum atomic E-state index is 4.81. The fourth-order valence-corrected chi connectivity index (χ4v) is 3.96. The highest BCUT2D eigenvalue weighted by Gasteiger charge is 2.17. The molecule has 2 aromatic heterocycles. The largest absolute Gasteiger partial charge is 0.357 e. The maximum Gasteiger partial charge on any atom is 0.191 e. The molecule has 3 heterocycles. The monoisotopic (exact) mass is 386 g/mol. The van der Waals surface area contributed by atoms with Crippen LogP contribution in [0.3, 0.4) is 0 Å². The molecule has 7 heteroatoms. The quantitative estimate of drug-likeness (QED) is 0.590. The summed E-state index contributed by atoms with van der Waals surface area (Å²) in [5.74, 6) is 1.91. The molecule has 0 aromatic carbocycles. The van der Waals surface area contributed by atoms with Gasteiger partial charge in [-0.2, -0.15) is 0 Å². The smallest absolute Gasteiger partial charge is 0.191 e. The number of nitrogens with one attached hydrogen (secondary N) is 2. The summed E-state index contributed by atoms with van der Waals surface area (Å²) in [6.07, 6.45) is 1.88. The number of nitrogens with zero attached hydrogens (tertiary/aromatic N) is 4. The van der Waals surface area contributed by atoms with Gasteiger partial charge in [0.1, 0.15) is 5.82 Å². The number of thiophene rings is 1. The van der Waals surface area contributed by atoms with Gasteiger partial charge in [0.15, 0.2) is 5.96 Å². The highest BCUT2D eigenvalue weighted by molar-refractivity contribution is 7.10. The second-order valence-corrected chi connectivity index (χ2v) is 7.85. The Hall–Kier alpha value is -2.12. The van der Waals surface area contributed by atoms with Crippen molar-refractivity contribution < 1.29 is 0 Å². The zero-order valence-corrected chi connectivity index (χ0v) is 17.4. The van der Waals surface area contributed by atoms with Crippen molar-refractivity contribution in [2.24, 2.45) is 4.99 Å². The fourth-order valence-electron chi connectivity index (χ4n) is 3.11. The van der Waals surface area contributed by atoms with Gasteiger partial charge in [0.05, 0.1) is 13.1 Å². The highest BCUT2D eigenvalue weighted by Crippen LogP contribution is 2.19. The standard InChI is InChI=1S/C20H30N6S/c1-4-21-20(24-15-18-16(2)7-13-27-18)23-14-17-6-5-8-22-19(17)26-11-9-25(3)10-12-26/h5-8,13H,4,9-12,14-15H2,1-3H3,(H2,21,23,24). The van der Waals surface area contributed by atoms with Gasteiger partial charge >= 0.3 is 0 Å². The molecule has 0 aliphatic carbocycles. The Morgan fingerprint density at radius 2 is 2.04 bits per heavy atom. The van der Waals surface area contributed by atoms with Crippen LogP contribution >= 0.6 is 11.3 Å². The fraction of sp³-hybridized carbons (Fsp3) is 0.500. The number of hydrogen-bond acceptors (Lipinski definition) is 5. The molecular weight excluding hydrogens is 356 g/mol. The molecule has 0 unspecified atom stereocenters. The average Bonchev–Trinajstić information content (AvgIpc) is 3.10. The van der Waals surface area contributed by atoms with Crippen molar-refractivity contribution in [3.05, 3.63) is 45.8 Å². The highest BCUT2D eigenvalue weighted by atomic mass is 32.1. The van der Waals surface area contributed by atoms with E-state index in [0.717, 1.165) is 51.0 Å². The van der Waals surface area contributed by atoms with Crippen LogP contribution in [0.1, 0.15) is 22.9 Å². The van der Waals surface area contributed by atoms with E-state index in [4.69, 9.17) is 4.99 Å². The first-order valence-corrected chi connectivity index (χ1v) is 10.5. The van der Waals surface area contributed by atoms with Crippen LogP contribution in [0, 0.1) is 6.92 Å². The van der Waals surface area contributed by atoms with Crippen molar-refractivity contribution in [2.75, 3.05) is 44.7 Å². The molecule has 0 bridgehead atoms. The van der Waals surface area contributed by atoms with Crippen molar-refractivity contribution in [3.8, 4) is 0 Å². The summed E-state index contributed by atoms with van der Waals surface area (Å²) >= 11 is 1.78. The Kier molecular flexibility index (Phi) is 7.06. The summed E-state index contributed by atoms with van der Waals surface area (Å²) in [7, 11) is 2.17. The Morgan fingerprint density at radius 3 is 2.74 bits per heavy atom. The van der Waals surface area contributed by atoms with E-state index in [2.05, 4.69) is 63.8 Å². The SMILES string of the molecule is CCNC(=NCc1cccnc1N1CCN(C)CC1)NCc1sccc1C. The number of aryl methyl sites for hydroxylation is 1. The summed E-state index contributed by atoms with van der Waals surface area (Å²) in [4.78, 5) is 15.5. The maximum absolute atomic E-state index is 4.81. The third kappa shape index (κ3) is 5.43. The predicted molar refractivity (Wildman–Crippen MR) is 115 cm³/mol. The Labute approximate surface area is 166 Å². The number of aliphatic imine (C=N–C) groups is 1. The molecule has 2 aromatic rings.